The van der Waals surface area contributed by atoms with Gasteiger partial charge in [-0.15, -0.1) is 0 Å². The molecule has 0 atom stereocenters. The van der Waals surface area contributed by atoms with Crippen molar-refractivity contribution in [3.8, 4) is 0 Å². The van der Waals surface area contributed by atoms with Crippen LogP contribution in [0.3, 0.4) is 0 Å². The summed E-state index contributed by atoms with van der Waals surface area (Å²) in [5.74, 6) is 0. The van der Waals surface area contributed by atoms with E-state index in [1.807, 2.05) is 0 Å². The van der Waals surface area contributed by atoms with E-state index in [-0.39, 0.29) is 46.4 Å². The topological polar surface area (TPSA) is 148 Å². The standard InChI is InChI=1S/Fe.Mn.2H3N.H3O4P/c;;;;1-5(2,3)4/h;;2*1H3;(H3,1,2,3,4). The Kier molecular flexibility index (Phi) is 42.3. The van der Waals surface area contributed by atoms with Crippen LogP contribution in [0.2, 0.25) is 0 Å². The molecule has 0 saturated heterocycles. The fourth-order valence-corrected chi connectivity index (χ4v) is 0. The van der Waals surface area contributed by atoms with Gasteiger partial charge in [-0.3, -0.25) is 0 Å². The molecule has 0 aromatic carbocycles. The summed E-state index contributed by atoms with van der Waals surface area (Å²) < 4.78 is 8.88. The molecule has 0 unspecified atom stereocenters. The minimum absolute atomic E-state index is 0. The van der Waals surface area contributed by atoms with Crippen molar-refractivity contribution in [2.24, 2.45) is 0 Å². The van der Waals surface area contributed by atoms with E-state index in [1.165, 1.54) is 0 Å². The minimum Gasteiger partial charge on any atom is -0.344 e. The Balaban J connectivity index is -0.0000000133. The maximum absolute atomic E-state index is 8.88. The minimum atomic E-state index is -4.64. The van der Waals surface area contributed by atoms with Crippen molar-refractivity contribution in [2.75, 3.05) is 0 Å². The fraction of sp³-hybridized carbons (Fsp3) is 0. The van der Waals surface area contributed by atoms with E-state index in [1.54, 1.807) is 0 Å². The molecule has 9 N–H and O–H groups in total. The summed E-state index contributed by atoms with van der Waals surface area (Å²) >= 11 is 0. The third-order valence-corrected chi connectivity index (χ3v) is 0. The van der Waals surface area contributed by atoms with Crippen LogP contribution in [-0.4, -0.2) is 14.7 Å². The van der Waals surface area contributed by atoms with Crippen LogP contribution in [-0.2, 0) is 38.7 Å². The first-order valence-corrected chi connectivity index (χ1v) is 2.35. The third kappa shape index (κ3) is 397. The van der Waals surface area contributed by atoms with Gasteiger partial charge in [0.15, 0.2) is 0 Å². The normalized spacial score (nSPS) is 6.56. The number of hydrogen-bond acceptors (Lipinski definition) is 3. The summed E-state index contributed by atoms with van der Waals surface area (Å²) in [6.07, 6.45) is 0. The average Bonchev–Trinajstić information content (AvgIpc) is 0.722. The molecular formula is H9FeMnN2O4P. The summed E-state index contributed by atoms with van der Waals surface area (Å²) in [4.78, 5) is 21.6. The van der Waals surface area contributed by atoms with Crippen LogP contribution in [0.15, 0.2) is 0 Å². The van der Waals surface area contributed by atoms with Crippen LogP contribution >= 0.6 is 7.82 Å². The van der Waals surface area contributed by atoms with E-state index in [2.05, 4.69) is 0 Å². The van der Waals surface area contributed by atoms with E-state index in [0.29, 0.717) is 0 Å². The van der Waals surface area contributed by atoms with Crippen LogP contribution in [0.25, 0.3) is 0 Å². The molecule has 0 aliphatic carbocycles. The Hall–Kier alpha value is 1.07. The molecule has 0 saturated carbocycles. The molecule has 63 valence electrons. The molecule has 0 aromatic heterocycles. The third-order valence-electron chi connectivity index (χ3n) is 0. The molecule has 0 aliphatic heterocycles. The molecule has 0 aromatic rings. The van der Waals surface area contributed by atoms with Crippen molar-refractivity contribution in [3.63, 3.8) is 0 Å². The molecule has 0 amide bonds. The van der Waals surface area contributed by atoms with E-state index in [9.17, 15) is 0 Å². The molecule has 0 spiro atoms. The molecule has 0 rings (SSSR count). The Morgan fingerprint density at radius 2 is 1.00 bits per heavy atom. The Morgan fingerprint density at radius 3 is 1.00 bits per heavy atom. The molecule has 0 heterocycles. The van der Waals surface area contributed by atoms with Gasteiger partial charge in [0.1, 0.15) is 0 Å². The van der Waals surface area contributed by atoms with Gasteiger partial charge in [-0.05, 0) is 0 Å². The predicted octanol–water partition coefficient (Wildman–Crippen LogP) is -0.610. The maximum Gasteiger partial charge on any atom is 0.466 e. The van der Waals surface area contributed by atoms with E-state index >= 15 is 0 Å². The van der Waals surface area contributed by atoms with Crippen molar-refractivity contribution in [3.05, 3.63) is 0 Å². The van der Waals surface area contributed by atoms with E-state index < -0.39 is 7.82 Å². The molecule has 9 heteroatoms. The van der Waals surface area contributed by atoms with Crippen LogP contribution in [0.1, 0.15) is 0 Å². The molecule has 1 radical (unpaired) electrons. The van der Waals surface area contributed by atoms with E-state index in [4.69, 9.17) is 19.2 Å². The Morgan fingerprint density at radius 1 is 1.00 bits per heavy atom. The molecule has 6 nitrogen and oxygen atoms in total. The second kappa shape index (κ2) is 11.8. The SMILES string of the molecule is N.N.O=P(O)(O)O.[Fe].[Mn]. The van der Waals surface area contributed by atoms with Crippen LogP contribution in [0, 0.1) is 0 Å². The zero-order valence-electron chi connectivity index (χ0n) is 4.34. The smallest absolute Gasteiger partial charge is 0.344 e. The first kappa shape index (κ1) is 32.2. The zero-order chi connectivity index (χ0) is 4.50. The van der Waals surface area contributed by atoms with Gasteiger partial charge in [0.25, 0.3) is 0 Å². The number of phosphoric acid groups is 1. The summed E-state index contributed by atoms with van der Waals surface area (Å²) in [6.45, 7) is 0. The number of rotatable bonds is 0. The van der Waals surface area contributed by atoms with Gasteiger partial charge in [0.05, 0.1) is 0 Å². The van der Waals surface area contributed by atoms with Gasteiger partial charge in [-0.2, -0.15) is 0 Å². The fourth-order valence-electron chi connectivity index (χ4n) is 0. The molecular weight excluding hydrogens is 234 g/mol. The maximum atomic E-state index is 8.88. The van der Waals surface area contributed by atoms with Gasteiger partial charge in [-0.25, -0.2) is 4.57 Å². The summed E-state index contributed by atoms with van der Waals surface area (Å²) in [6, 6.07) is 0. The zero-order valence-corrected chi connectivity index (χ0v) is 7.52. The van der Waals surface area contributed by atoms with Gasteiger partial charge in [0, 0.05) is 34.1 Å². The second-order valence-corrected chi connectivity index (χ2v) is 1.54. The first-order chi connectivity index (χ1) is 2.00. The predicted molar refractivity (Wildman–Crippen MR) is 24.3 cm³/mol. The number of hydrogen-bond donors (Lipinski definition) is 5. The van der Waals surface area contributed by atoms with Crippen molar-refractivity contribution >= 4 is 7.82 Å². The average molecular weight is 243 g/mol. The molecule has 0 bridgehead atoms. The second-order valence-electron chi connectivity index (χ2n) is 0.513. The van der Waals surface area contributed by atoms with Gasteiger partial charge in [-0.1, -0.05) is 0 Å². The van der Waals surface area contributed by atoms with Crippen LogP contribution < -0.4 is 12.3 Å². The van der Waals surface area contributed by atoms with Gasteiger partial charge in [0.2, 0.25) is 0 Å². The van der Waals surface area contributed by atoms with Crippen molar-refractivity contribution in [2.45, 2.75) is 0 Å². The van der Waals surface area contributed by atoms with E-state index in [0.717, 1.165) is 0 Å². The Labute approximate surface area is 73.8 Å². The summed E-state index contributed by atoms with van der Waals surface area (Å²) in [7, 11) is -4.64. The van der Waals surface area contributed by atoms with Crippen molar-refractivity contribution < 1.29 is 53.4 Å². The largest absolute Gasteiger partial charge is 0.466 e. The summed E-state index contributed by atoms with van der Waals surface area (Å²) in [5.41, 5.74) is 0. The molecule has 9 heavy (non-hydrogen) atoms. The summed E-state index contributed by atoms with van der Waals surface area (Å²) in [5, 5.41) is 0. The Bertz CT molecular complexity index is 64.7. The molecule has 0 aliphatic rings. The quantitative estimate of drug-likeness (QED) is 0.283. The van der Waals surface area contributed by atoms with Gasteiger partial charge >= 0.3 is 7.82 Å². The van der Waals surface area contributed by atoms with Gasteiger partial charge < -0.3 is 27.0 Å². The monoisotopic (exact) mass is 243 g/mol. The first-order valence-electron chi connectivity index (χ1n) is 0.783. The van der Waals surface area contributed by atoms with Crippen molar-refractivity contribution in [1.29, 1.82) is 0 Å². The van der Waals surface area contributed by atoms with Crippen LogP contribution in [0.4, 0.5) is 0 Å². The molecule has 0 fully saturated rings. The van der Waals surface area contributed by atoms with Crippen molar-refractivity contribution in [1.82, 2.24) is 12.3 Å². The van der Waals surface area contributed by atoms with Crippen LogP contribution in [0.5, 0.6) is 0 Å².